The van der Waals surface area contributed by atoms with Gasteiger partial charge in [-0.25, -0.2) is 68.8 Å². The van der Waals surface area contributed by atoms with Gasteiger partial charge in [0.05, 0.1) is 52.5 Å². The van der Waals surface area contributed by atoms with E-state index in [1.807, 2.05) is 9.44 Å². The molecule has 0 amide bonds. The van der Waals surface area contributed by atoms with Crippen LogP contribution in [0.5, 0.6) is 0 Å². The van der Waals surface area contributed by atoms with Crippen LogP contribution < -0.4 is 31.0 Å². The maximum atomic E-state index is 14.4. The van der Waals surface area contributed by atoms with E-state index in [4.69, 9.17) is 26.7 Å². The molecule has 0 atom stereocenters. The minimum absolute atomic E-state index is 0.00227. The van der Waals surface area contributed by atoms with Gasteiger partial charge in [0, 0.05) is 47.1 Å². The van der Waals surface area contributed by atoms with E-state index in [2.05, 4.69) is 31.8 Å². The Labute approximate surface area is 451 Å². The second-order valence-electron chi connectivity index (χ2n) is 15.5. The molecular weight excluding hydrogens is 1160 g/mol. The van der Waals surface area contributed by atoms with Crippen molar-refractivity contribution in [3.05, 3.63) is 149 Å². The second kappa shape index (κ2) is 32.8. The summed E-state index contributed by atoms with van der Waals surface area (Å²) < 4.78 is 209. The fraction of sp³-hybridized carbons (Fsp3) is 0.304. The van der Waals surface area contributed by atoms with E-state index in [1.165, 1.54) is 6.07 Å². The highest BCUT2D eigenvalue weighted by molar-refractivity contribution is 8.13. The summed E-state index contributed by atoms with van der Waals surface area (Å²) >= 11 is 0. The van der Waals surface area contributed by atoms with Crippen LogP contribution in [0.15, 0.2) is 81.8 Å². The molecule has 432 valence electrons. The maximum absolute atomic E-state index is 14.4. The van der Waals surface area contributed by atoms with Gasteiger partial charge < -0.3 is 25.8 Å². The largest absolute Gasteiger partial charge is 0.396 e. The summed E-state index contributed by atoms with van der Waals surface area (Å²) in [5, 5.41) is 9.79. The number of halogens is 9. The number of aromatic nitrogens is 2. The Morgan fingerprint density at radius 2 is 1.03 bits per heavy atom. The van der Waals surface area contributed by atoms with Gasteiger partial charge in [0.2, 0.25) is 39.1 Å². The molecule has 2 heterocycles. The predicted molar refractivity (Wildman–Crippen MR) is 282 cm³/mol. The number of aryl methyl sites for hydroxylation is 2. The molecule has 0 spiro atoms. The third-order valence-corrected chi connectivity index (χ3v) is 14.3. The fourth-order valence-electron chi connectivity index (χ4n) is 5.32. The first-order valence-corrected chi connectivity index (χ1v) is 29.8. The Balaban J connectivity index is 0.000000494. The fourth-order valence-corrected chi connectivity index (χ4v) is 9.39. The molecule has 0 aliphatic rings. The monoisotopic (exact) mass is 1210 g/mol. The first kappa shape index (κ1) is 69.2. The number of aldehydes is 1. The Hall–Kier alpha value is -6.83. The van der Waals surface area contributed by atoms with Crippen molar-refractivity contribution in [1.29, 1.82) is 0 Å². The number of nitrogens with two attached hydrogens (primary N) is 2. The highest BCUT2D eigenvalue weighted by Gasteiger charge is 2.20. The molecule has 6 rings (SSSR count). The van der Waals surface area contributed by atoms with Crippen molar-refractivity contribution >= 4 is 90.5 Å². The number of rotatable bonds is 18. The standard InChI is InChI=1S/C14H17F2N3O3S.C10H11F2NO3S.C9H11F2NO2S.C6H5F2N.C4H6N2O.C3H6ClO2S/c1-3-6-23(20,21)19-12-5-4-11(15)10(14(12)16)8-17-13-7-9(2)22-18-13;1-2-5-17(15,16)13-9-4-3-8(11)7(6-14)10(9)12;1-2-5-15(13,14)12-9-4-3-7(10)6-8(9)11;7-4-1-2-6(9)5(8)3-4;1-3-2-4(5)6-7-3;1-2-3-7(4,5)6/h4-5,7,19H,3,6,8H2,1-2H3,(H,17,18);3-4,6,13H,2,5H2,1H3;3-4,6,12H,2,5H2,1H3;1-3H,9H2;2H,1H3,(H2,5,6);1-3H2/q;;;;;+1. The normalized spacial score (nSPS) is 11.0. The third-order valence-electron chi connectivity index (χ3n) is 8.65. The molecule has 0 unspecified atom stereocenters. The molecule has 0 saturated heterocycles. The lowest BCUT2D eigenvalue weighted by molar-refractivity contribution is 0.111. The van der Waals surface area contributed by atoms with Crippen LogP contribution in [-0.2, 0) is 45.7 Å². The SMILES string of the molecule is CCCS(=O)(=O)Nc1ccc(F)c(C=O)c1F.CCCS(=O)(=O)Nc1ccc(F)c(CNc2cc(C)on2)c1F.CCCS(=O)(=O)Nc1ccc(F)cc1F.Cc1cc(N)no1.Nc1ccc(F)cc1F.[CH2+]CCS(=O)(=O)Cl. The van der Waals surface area contributed by atoms with Gasteiger partial charge in [0.25, 0.3) is 0 Å². The molecule has 0 aliphatic carbocycles. The van der Waals surface area contributed by atoms with Gasteiger partial charge >= 0.3 is 0 Å². The highest BCUT2D eigenvalue weighted by Crippen LogP contribution is 2.24. The van der Waals surface area contributed by atoms with Crippen LogP contribution in [0.25, 0.3) is 0 Å². The summed E-state index contributed by atoms with van der Waals surface area (Å²) in [4.78, 5) is 10.4. The van der Waals surface area contributed by atoms with Gasteiger partial charge in [-0.05, 0) is 81.6 Å². The third kappa shape index (κ3) is 27.0. The van der Waals surface area contributed by atoms with E-state index < -0.39 is 96.9 Å². The molecule has 0 bridgehead atoms. The second-order valence-corrected chi connectivity index (χ2v) is 23.9. The summed E-state index contributed by atoms with van der Waals surface area (Å²) in [6.07, 6.45) is 1.52. The van der Waals surface area contributed by atoms with E-state index in [0.717, 1.165) is 54.3 Å². The summed E-state index contributed by atoms with van der Waals surface area (Å²) in [5.74, 6) is -5.35. The number of carbonyl (C=O) groups is 1. The quantitative estimate of drug-likeness (QED) is 0.0153. The lowest BCUT2D eigenvalue weighted by atomic mass is 10.1. The molecule has 0 aliphatic heterocycles. The molecule has 0 radical (unpaired) electrons. The van der Waals surface area contributed by atoms with Crippen molar-refractivity contribution in [3.8, 4) is 0 Å². The number of carbonyl (C=O) groups excluding carboxylic acids is 1. The van der Waals surface area contributed by atoms with E-state index in [0.29, 0.717) is 49.1 Å². The van der Waals surface area contributed by atoms with Crippen molar-refractivity contribution < 1.29 is 82.6 Å². The van der Waals surface area contributed by atoms with Crippen LogP contribution in [0.1, 0.15) is 73.9 Å². The Morgan fingerprint density at radius 3 is 1.40 bits per heavy atom. The molecule has 8 N–H and O–H groups in total. The minimum Gasteiger partial charge on any atom is -0.396 e. The number of nitrogen functional groups attached to an aromatic ring is 2. The summed E-state index contributed by atoms with van der Waals surface area (Å²) in [7, 11) is -9.37. The van der Waals surface area contributed by atoms with Crippen molar-refractivity contribution in [1.82, 2.24) is 10.3 Å². The van der Waals surface area contributed by atoms with Gasteiger partial charge in [-0.3, -0.25) is 19.0 Å². The van der Waals surface area contributed by atoms with E-state index in [9.17, 15) is 73.6 Å². The highest BCUT2D eigenvalue weighted by atomic mass is 35.7. The van der Waals surface area contributed by atoms with Crippen LogP contribution >= 0.6 is 10.7 Å². The first-order chi connectivity index (χ1) is 36.2. The van der Waals surface area contributed by atoms with Crippen LogP contribution in [-0.4, -0.2) is 73.3 Å². The predicted octanol–water partition coefficient (Wildman–Crippen LogP) is 9.96. The summed E-state index contributed by atoms with van der Waals surface area (Å²) in [5.41, 5.74) is 8.17. The number of nitrogens with one attached hydrogen (secondary N) is 4. The lowest BCUT2D eigenvalue weighted by Gasteiger charge is -2.12. The number of anilines is 6. The van der Waals surface area contributed by atoms with Gasteiger partial charge in [-0.15, -0.1) is 0 Å². The number of sulfonamides is 3. The number of benzene rings is 4. The van der Waals surface area contributed by atoms with Gasteiger partial charge in [0.15, 0.2) is 29.6 Å². The molecule has 4 aromatic carbocycles. The van der Waals surface area contributed by atoms with Crippen LogP contribution in [0.3, 0.4) is 0 Å². The average Bonchev–Trinajstić information content (AvgIpc) is 3.93. The van der Waals surface area contributed by atoms with Crippen molar-refractivity contribution in [3.63, 3.8) is 0 Å². The average molecular weight is 1210 g/mol. The molecule has 0 saturated carbocycles. The zero-order valence-electron chi connectivity index (χ0n) is 42.2. The molecule has 32 heteroatoms. The number of nitrogens with zero attached hydrogens (tertiary/aromatic N) is 2. The van der Waals surface area contributed by atoms with Gasteiger partial charge in [-0.2, -0.15) is 0 Å². The summed E-state index contributed by atoms with van der Waals surface area (Å²) in [6.45, 7) is 11.6. The van der Waals surface area contributed by atoms with E-state index in [-0.39, 0.29) is 58.5 Å². The lowest BCUT2D eigenvalue weighted by Crippen LogP contribution is -2.18. The molecular formula is C46H56ClF8N8O11S4+. The zero-order chi connectivity index (χ0) is 59.6. The van der Waals surface area contributed by atoms with Crippen LogP contribution in [0.4, 0.5) is 69.5 Å². The van der Waals surface area contributed by atoms with E-state index in [1.54, 1.807) is 46.8 Å². The van der Waals surface area contributed by atoms with Crippen molar-refractivity contribution in [2.24, 2.45) is 0 Å². The Morgan fingerprint density at radius 1 is 0.577 bits per heavy atom. The summed E-state index contributed by atoms with van der Waals surface area (Å²) in [6, 6.07) is 12.8. The molecule has 2 aromatic heterocycles. The first-order valence-electron chi connectivity index (χ1n) is 22.4. The molecule has 78 heavy (non-hydrogen) atoms. The zero-order valence-corrected chi connectivity index (χ0v) is 46.2. The van der Waals surface area contributed by atoms with Crippen molar-refractivity contribution in [2.45, 2.75) is 66.8 Å². The molecule has 19 nitrogen and oxygen atoms in total. The molecule has 6 aromatic rings. The van der Waals surface area contributed by atoms with Crippen LogP contribution in [0, 0.1) is 67.3 Å². The number of hydrogen-bond acceptors (Lipinski definition) is 16. The Kier molecular flexibility index (Phi) is 29.1. The maximum Gasteiger partial charge on any atom is 0.236 e. The van der Waals surface area contributed by atoms with Gasteiger partial charge in [-0.1, -0.05) is 31.1 Å². The molecule has 0 fully saturated rings. The van der Waals surface area contributed by atoms with Crippen molar-refractivity contribution in [2.75, 3.05) is 54.0 Å². The number of hydrogen-bond donors (Lipinski definition) is 6. The smallest absolute Gasteiger partial charge is 0.236 e. The van der Waals surface area contributed by atoms with Gasteiger partial charge in [0.1, 0.15) is 58.6 Å². The van der Waals surface area contributed by atoms with E-state index >= 15 is 0 Å². The minimum atomic E-state index is -3.67. The topological polar surface area (TPSA) is 306 Å². The Bertz CT molecular complexity index is 3330. The van der Waals surface area contributed by atoms with Crippen LogP contribution in [0.2, 0.25) is 0 Å².